The van der Waals surface area contributed by atoms with Crippen LogP contribution in [0.15, 0.2) is 22.8 Å². The van der Waals surface area contributed by atoms with E-state index in [4.69, 9.17) is 6.42 Å². The van der Waals surface area contributed by atoms with E-state index in [1.165, 1.54) is 0 Å². The van der Waals surface area contributed by atoms with Crippen LogP contribution in [0.1, 0.15) is 12.8 Å². The van der Waals surface area contributed by atoms with Crippen LogP contribution in [0.5, 0.6) is 0 Å². The Morgan fingerprint density at radius 3 is 2.74 bits per heavy atom. The van der Waals surface area contributed by atoms with Gasteiger partial charge in [0.2, 0.25) is 11.8 Å². The highest BCUT2D eigenvalue weighted by atomic mass is 79.9. The van der Waals surface area contributed by atoms with Crippen molar-refractivity contribution in [3.63, 3.8) is 0 Å². The molecule has 23 heavy (non-hydrogen) atoms. The van der Waals surface area contributed by atoms with Crippen molar-refractivity contribution < 1.29 is 9.59 Å². The van der Waals surface area contributed by atoms with E-state index in [1.807, 2.05) is 11.0 Å². The van der Waals surface area contributed by atoms with Gasteiger partial charge in [0.05, 0.1) is 13.1 Å². The second-order valence-corrected chi connectivity index (χ2v) is 6.30. The van der Waals surface area contributed by atoms with Crippen molar-refractivity contribution in [3.05, 3.63) is 22.8 Å². The molecule has 0 atom stereocenters. The van der Waals surface area contributed by atoms with Crippen LogP contribution in [0.2, 0.25) is 0 Å². The number of nitrogens with one attached hydrogen (secondary N) is 2. The molecule has 1 aromatic rings. The Balaban J connectivity index is 1.75. The Morgan fingerprint density at radius 1 is 1.39 bits per heavy atom. The maximum Gasteiger partial charge on any atom is 0.234 e. The number of pyridine rings is 1. The molecule has 7 heteroatoms. The Bertz CT molecular complexity index is 589. The zero-order valence-electron chi connectivity index (χ0n) is 12.7. The Kier molecular flexibility index (Phi) is 6.56. The van der Waals surface area contributed by atoms with E-state index >= 15 is 0 Å². The highest BCUT2D eigenvalue weighted by Gasteiger charge is 2.26. The number of likely N-dealkylation sites (tertiary alicyclic amines) is 1. The number of aromatic nitrogens is 1. The standard InChI is InChI=1S/C16H19BrN4O2/c1-2-7-18-15(22)11-21-8-5-12(6-9-21)16(23)20-14-4-3-13(17)10-19-14/h1,3-4,10,12H,5-9,11H2,(H,18,22)(H,19,20,23). The first kappa shape index (κ1) is 17.4. The zero-order chi connectivity index (χ0) is 16.7. The lowest BCUT2D eigenvalue weighted by Gasteiger charge is -2.30. The van der Waals surface area contributed by atoms with Gasteiger partial charge in [-0.1, -0.05) is 5.92 Å². The van der Waals surface area contributed by atoms with Crippen LogP contribution in [-0.4, -0.2) is 47.9 Å². The van der Waals surface area contributed by atoms with Gasteiger partial charge in [0.25, 0.3) is 0 Å². The summed E-state index contributed by atoms with van der Waals surface area (Å²) in [6.45, 7) is 2.01. The van der Waals surface area contributed by atoms with Gasteiger partial charge >= 0.3 is 0 Å². The fraction of sp³-hybridized carbons (Fsp3) is 0.438. The molecule has 0 saturated carbocycles. The second-order valence-electron chi connectivity index (χ2n) is 5.38. The fourth-order valence-electron chi connectivity index (χ4n) is 2.44. The fourth-order valence-corrected chi connectivity index (χ4v) is 2.67. The van der Waals surface area contributed by atoms with Crippen molar-refractivity contribution in [2.45, 2.75) is 12.8 Å². The van der Waals surface area contributed by atoms with Gasteiger partial charge in [-0.15, -0.1) is 6.42 Å². The summed E-state index contributed by atoms with van der Waals surface area (Å²) in [5, 5.41) is 5.47. The zero-order valence-corrected chi connectivity index (χ0v) is 14.3. The molecule has 0 bridgehead atoms. The van der Waals surface area contributed by atoms with Crippen LogP contribution in [0.4, 0.5) is 5.82 Å². The molecule has 2 amide bonds. The SMILES string of the molecule is C#CCNC(=O)CN1CCC(C(=O)Nc2ccc(Br)cn2)CC1. The maximum atomic E-state index is 12.2. The molecular formula is C16H19BrN4O2. The highest BCUT2D eigenvalue weighted by Crippen LogP contribution is 2.19. The van der Waals surface area contributed by atoms with Crippen molar-refractivity contribution in [2.75, 3.05) is 31.5 Å². The van der Waals surface area contributed by atoms with Crippen LogP contribution >= 0.6 is 15.9 Å². The summed E-state index contributed by atoms with van der Waals surface area (Å²) >= 11 is 3.31. The Hall–Kier alpha value is -1.91. The first-order valence-corrected chi connectivity index (χ1v) is 8.22. The first-order chi connectivity index (χ1) is 11.1. The normalized spacial score (nSPS) is 15.7. The molecule has 0 radical (unpaired) electrons. The minimum Gasteiger partial charge on any atom is -0.344 e. The van der Waals surface area contributed by atoms with Crippen molar-refractivity contribution in [1.82, 2.24) is 15.2 Å². The van der Waals surface area contributed by atoms with Gasteiger partial charge in [-0.2, -0.15) is 0 Å². The largest absolute Gasteiger partial charge is 0.344 e. The van der Waals surface area contributed by atoms with E-state index in [0.29, 0.717) is 12.4 Å². The predicted molar refractivity (Wildman–Crippen MR) is 91.6 cm³/mol. The molecule has 0 spiro atoms. The molecule has 122 valence electrons. The van der Waals surface area contributed by atoms with E-state index in [2.05, 4.69) is 37.5 Å². The van der Waals surface area contributed by atoms with E-state index in [9.17, 15) is 9.59 Å². The van der Waals surface area contributed by atoms with Crippen LogP contribution < -0.4 is 10.6 Å². The smallest absolute Gasteiger partial charge is 0.234 e. The third kappa shape index (κ3) is 5.66. The lowest BCUT2D eigenvalue weighted by atomic mass is 9.96. The van der Waals surface area contributed by atoms with E-state index in [0.717, 1.165) is 30.4 Å². The molecule has 1 aliphatic rings. The van der Waals surface area contributed by atoms with Crippen molar-refractivity contribution in [2.24, 2.45) is 5.92 Å². The topological polar surface area (TPSA) is 74.3 Å². The van der Waals surface area contributed by atoms with Gasteiger partial charge in [0, 0.05) is 16.6 Å². The van der Waals surface area contributed by atoms with Crippen molar-refractivity contribution in [1.29, 1.82) is 0 Å². The van der Waals surface area contributed by atoms with Crippen LogP contribution in [0.3, 0.4) is 0 Å². The third-order valence-corrected chi connectivity index (χ3v) is 4.16. The molecule has 2 heterocycles. The van der Waals surface area contributed by atoms with Crippen molar-refractivity contribution >= 4 is 33.6 Å². The maximum absolute atomic E-state index is 12.2. The number of piperidine rings is 1. The number of amides is 2. The first-order valence-electron chi connectivity index (χ1n) is 7.43. The molecule has 2 N–H and O–H groups in total. The number of hydrogen-bond acceptors (Lipinski definition) is 4. The quantitative estimate of drug-likeness (QED) is 0.756. The molecule has 0 unspecified atom stereocenters. The lowest BCUT2D eigenvalue weighted by Crippen LogP contribution is -2.43. The molecule has 0 aromatic carbocycles. The molecular weight excluding hydrogens is 360 g/mol. The van der Waals surface area contributed by atoms with Crippen LogP contribution in [-0.2, 0) is 9.59 Å². The van der Waals surface area contributed by atoms with Crippen LogP contribution in [0.25, 0.3) is 0 Å². The van der Waals surface area contributed by atoms with Gasteiger partial charge in [-0.25, -0.2) is 4.98 Å². The lowest BCUT2D eigenvalue weighted by molar-refractivity contribution is -0.123. The molecule has 1 aromatic heterocycles. The number of hydrogen-bond donors (Lipinski definition) is 2. The van der Waals surface area contributed by atoms with Gasteiger partial charge in [-0.05, 0) is 54.0 Å². The molecule has 1 aliphatic heterocycles. The minimum absolute atomic E-state index is 0.0174. The summed E-state index contributed by atoms with van der Waals surface area (Å²) in [6.07, 6.45) is 8.20. The van der Waals surface area contributed by atoms with Gasteiger partial charge < -0.3 is 10.6 Å². The van der Waals surface area contributed by atoms with Crippen LogP contribution in [0, 0.1) is 18.3 Å². The summed E-state index contributed by atoms with van der Waals surface area (Å²) in [5.41, 5.74) is 0. The molecule has 2 rings (SSSR count). The summed E-state index contributed by atoms with van der Waals surface area (Å²) in [5.74, 6) is 2.78. The average Bonchev–Trinajstić information content (AvgIpc) is 2.55. The summed E-state index contributed by atoms with van der Waals surface area (Å²) in [6, 6.07) is 3.59. The predicted octanol–water partition coefficient (Wildman–Crippen LogP) is 1.24. The van der Waals surface area contributed by atoms with E-state index in [-0.39, 0.29) is 24.3 Å². The highest BCUT2D eigenvalue weighted by molar-refractivity contribution is 9.10. The number of carbonyl (C=O) groups excluding carboxylic acids is 2. The molecule has 6 nitrogen and oxygen atoms in total. The Labute approximate surface area is 144 Å². The molecule has 1 fully saturated rings. The molecule has 1 saturated heterocycles. The van der Waals surface area contributed by atoms with Gasteiger partial charge in [0.15, 0.2) is 0 Å². The van der Waals surface area contributed by atoms with Gasteiger partial charge in [0.1, 0.15) is 5.82 Å². The number of carbonyl (C=O) groups is 2. The number of rotatable bonds is 5. The number of anilines is 1. The van der Waals surface area contributed by atoms with E-state index in [1.54, 1.807) is 12.3 Å². The number of nitrogens with zero attached hydrogens (tertiary/aromatic N) is 2. The monoisotopic (exact) mass is 378 g/mol. The number of terminal acetylenes is 1. The van der Waals surface area contributed by atoms with Crippen molar-refractivity contribution in [3.8, 4) is 12.3 Å². The average molecular weight is 379 g/mol. The molecule has 0 aliphatic carbocycles. The third-order valence-electron chi connectivity index (χ3n) is 3.69. The Morgan fingerprint density at radius 2 is 2.13 bits per heavy atom. The summed E-state index contributed by atoms with van der Waals surface area (Å²) in [4.78, 5) is 30.0. The van der Waals surface area contributed by atoms with Gasteiger partial charge in [-0.3, -0.25) is 14.5 Å². The van der Waals surface area contributed by atoms with E-state index < -0.39 is 0 Å². The summed E-state index contributed by atoms with van der Waals surface area (Å²) in [7, 11) is 0. The number of halogens is 1. The minimum atomic E-state index is -0.0788. The summed E-state index contributed by atoms with van der Waals surface area (Å²) < 4.78 is 0.868. The second kappa shape index (κ2) is 8.65.